The van der Waals surface area contributed by atoms with Crippen molar-refractivity contribution in [3.8, 4) is 0 Å². The normalized spacial score (nSPS) is 29.8. The second-order valence-corrected chi connectivity index (χ2v) is 3.17. The van der Waals surface area contributed by atoms with E-state index in [0.29, 0.717) is 5.92 Å². The molecule has 4 heteroatoms. The van der Waals surface area contributed by atoms with Crippen LogP contribution in [0.3, 0.4) is 0 Å². The van der Waals surface area contributed by atoms with Gasteiger partial charge in [-0.05, 0) is 25.4 Å². The molecule has 1 fully saturated rings. The molecule has 4 nitrogen and oxygen atoms in total. The van der Waals surface area contributed by atoms with Crippen LogP contribution in [0.15, 0.2) is 0 Å². The van der Waals surface area contributed by atoms with Crippen molar-refractivity contribution in [2.75, 3.05) is 19.9 Å². The van der Waals surface area contributed by atoms with E-state index in [1.54, 1.807) is 0 Å². The number of esters is 1. The quantitative estimate of drug-likeness (QED) is 0.445. The molecule has 70 valence electrons. The molecule has 1 heterocycles. The number of carbonyl (C=O) groups is 1. The molecule has 2 N–H and O–H groups in total. The van der Waals surface area contributed by atoms with Crippen LogP contribution >= 0.6 is 0 Å². The molecule has 0 saturated carbocycles. The van der Waals surface area contributed by atoms with E-state index in [9.17, 15) is 4.79 Å². The second kappa shape index (κ2) is 4.42. The van der Waals surface area contributed by atoms with Crippen LogP contribution in [0.5, 0.6) is 0 Å². The summed E-state index contributed by atoms with van der Waals surface area (Å²) in [6.07, 6.45) is 0.806. The molecule has 0 amide bonds. The van der Waals surface area contributed by atoms with Crippen LogP contribution in [0.2, 0.25) is 0 Å². The van der Waals surface area contributed by atoms with E-state index in [2.05, 4.69) is 10.1 Å². The molecule has 1 saturated heterocycles. The number of aliphatic hydroxyl groups excluding tert-OH is 1. The molecule has 0 aromatic carbocycles. The minimum atomic E-state index is -0.504. The lowest BCUT2D eigenvalue weighted by molar-refractivity contribution is -0.159. The van der Waals surface area contributed by atoms with Gasteiger partial charge in [-0.15, -0.1) is 0 Å². The molecule has 0 aromatic heterocycles. The highest BCUT2D eigenvalue weighted by molar-refractivity contribution is 5.72. The molecule has 1 aliphatic heterocycles. The molecule has 0 radical (unpaired) electrons. The number of ether oxygens (including phenoxy) is 1. The third-order valence-corrected chi connectivity index (χ3v) is 2.29. The van der Waals surface area contributed by atoms with E-state index in [1.165, 1.54) is 0 Å². The van der Waals surface area contributed by atoms with Crippen LogP contribution in [0.4, 0.5) is 0 Å². The Kier molecular flexibility index (Phi) is 3.49. The lowest BCUT2D eigenvalue weighted by Gasteiger charge is -2.27. The van der Waals surface area contributed by atoms with Crippen molar-refractivity contribution < 1.29 is 14.6 Å². The molecule has 0 bridgehead atoms. The van der Waals surface area contributed by atoms with Crippen molar-refractivity contribution in [2.24, 2.45) is 11.8 Å². The number of aliphatic hydroxyl groups is 1. The Morgan fingerprint density at radius 2 is 2.50 bits per heavy atom. The van der Waals surface area contributed by atoms with Crippen LogP contribution < -0.4 is 5.32 Å². The Hall–Kier alpha value is -0.610. The Balaban J connectivity index is 2.42. The van der Waals surface area contributed by atoms with E-state index in [0.717, 1.165) is 19.5 Å². The Morgan fingerprint density at radius 3 is 3.08 bits per heavy atom. The monoisotopic (exact) mass is 173 g/mol. The first-order valence-corrected chi connectivity index (χ1v) is 4.24. The van der Waals surface area contributed by atoms with Gasteiger partial charge < -0.3 is 15.2 Å². The Labute approximate surface area is 71.9 Å². The number of piperidine rings is 1. The SMILES string of the molecule is C[C@H]1CNCC[C@@H]1C(=O)OCO. The number of hydrogen-bond donors (Lipinski definition) is 2. The standard InChI is InChI=1S/C8H15NO3/c1-6-4-9-3-2-7(6)8(11)12-5-10/h6-7,9-10H,2-5H2,1H3/t6-,7-/m0/s1. The van der Waals surface area contributed by atoms with Crippen LogP contribution in [-0.2, 0) is 9.53 Å². The molecular formula is C8H15NO3. The Bertz CT molecular complexity index is 160. The maximum absolute atomic E-state index is 11.2. The van der Waals surface area contributed by atoms with E-state index in [-0.39, 0.29) is 11.9 Å². The zero-order valence-electron chi connectivity index (χ0n) is 7.25. The van der Waals surface area contributed by atoms with Crippen LogP contribution in [0.25, 0.3) is 0 Å². The molecular weight excluding hydrogens is 158 g/mol. The van der Waals surface area contributed by atoms with E-state index in [4.69, 9.17) is 5.11 Å². The van der Waals surface area contributed by atoms with Crippen LogP contribution in [0.1, 0.15) is 13.3 Å². The smallest absolute Gasteiger partial charge is 0.311 e. The highest BCUT2D eigenvalue weighted by Gasteiger charge is 2.28. The van der Waals surface area contributed by atoms with E-state index >= 15 is 0 Å². The minimum absolute atomic E-state index is 0.0431. The largest absolute Gasteiger partial charge is 0.438 e. The summed E-state index contributed by atoms with van der Waals surface area (Å²) in [4.78, 5) is 11.2. The number of hydrogen-bond acceptors (Lipinski definition) is 4. The van der Waals surface area contributed by atoms with Crippen LogP contribution in [0, 0.1) is 11.8 Å². The second-order valence-electron chi connectivity index (χ2n) is 3.17. The maximum Gasteiger partial charge on any atom is 0.311 e. The first-order valence-electron chi connectivity index (χ1n) is 4.24. The molecule has 0 aliphatic carbocycles. The summed E-state index contributed by atoms with van der Waals surface area (Å²) in [5, 5.41) is 11.6. The van der Waals surface area contributed by atoms with Gasteiger partial charge in [-0.1, -0.05) is 6.92 Å². The fraction of sp³-hybridized carbons (Fsp3) is 0.875. The summed E-state index contributed by atoms with van der Waals surface area (Å²) < 4.78 is 4.54. The first-order chi connectivity index (χ1) is 5.75. The topological polar surface area (TPSA) is 58.6 Å². The van der Waals surface area contributed by atoms with Crippen LogP contribution in [-0.4, -0.2) is 31.0 Å². The predicted octanol–water partition coefficient (Wildman–Crippen LogP) is -0.275. The molecule has 2 atom stereocenters. The zero-order chi connectivity index (χ0) is 8.97. The zero-order valence-corrected chi connectivity index (χ0v) is 7.25. The van der Waals surface area contributed by atoms with Gasteiger partial charge in [-0.2, -0.15) is 0 Å². The summed E-state index contributed by atoms with van der Waals surface area (Å²) in [5.74, 6) is -0.0114. The van der Waals surface area contributed by atoms with Gasteiger partial charge >= 0.3 is 5.97 Å². The van der Waals surface area contributed by atoms with E-state index in [1.807, 2.05) is 6.92 Å². The Morgan fingerprint density at radius 1 is 1.75 bits per heavy atom. The van der Waals surface area contributed by atoms with Crippen molar-refractivity contribution in [2.45, 2.75) is 13.3 Å². The lowest BCUT2D eigenvalue weighted by atomic mass is 9.88. The number of nitrogens with one attached hydrogen (secondary N) is 1. The van der Waals surface area contributed by atoms with Gasteiger partial charge in [-0.3, -0.25) is 4.79 Å². The number of rotatable bonds is 2. The molecule has 1 rings (SSSR count). The summed E-state index contributed by atoms with van der Waals surface area (Å²) in [5.41, 5.74) is 0. The van der Waals surface area contributed by atoms with Crippen molar-refractivity contribution in [3.63, 3.8) is 0 Å². The molecule has 0 unspecified atom stereocenters. The molecule has 1 aliphatic rings. The average Bonchev–Trinajstić information content (AvgIpc) is 2.05. The van der Waals surface area contributed by atoms with Gasteiger partial charge in [0.15, 0.2) is 6.79 Å². The lowest BCUT2D eigenvalue weighted by Crippen LogP contribution is -2.39. The van der Waals surface area contributed by atoms with Crippen molar-refractivity contribution in [1.82, 2.24) is 5.32 Å². The fourth-order valence-corrected chi connectivity index (χ4v) is 1.53. The summed E-state index contributed by atoms with van der Waals surface area (Å²) >= 11 is 0. The van der Waals surface area contributed by atoms with Crippen molar-refractivity contribution in [1.29, 1.82) is 0 Å². The minimum Gasteiger partial charge on any atom is -0.438 e. The van der Waals surface area contributed by atoms with Crippen molar-refractivity contribution in [3.05, 3.63) is 0 Å². The third-order valence-electron chi connectivity index (χ3n) is 2.29. The average molecular weight is 173 g/mol. The maximum atomic E-state index is 11.2. The van der Waals surface area contributed by atoms with Gasteiger partial charge in [0.25, 0.3) is 0 Å². The van der Waals surface area contributed by atoms with Gasteiger partial charge in [0.05, 0.1) is 5.92 Å². The highest BCUT2D eigenvalue weighted by Crippen LogP contribution is 2.19. The van der Waals surface area contributed by atoms with Gasteiger partial charge in [0.2, 0.25) is 0 Å². The van der Waals surface area contributed by atoms with E-state index < -0.39 is 6.79 Å². The molecule has 12 heavy (non-hydrogen) atoms. The summed E-state index contributed by atoms with van der Waals surface area (Å²) in [7, 11) is 0. The van der Waals surface area contributed by atoms with Gasteiger partial charge in [0, 0.05) is 0 Å². The molecule has 0 spiro atoms. The fourth-order valence-electron chi connectivity index (χ4n) is 1.53. The third kappa shape index (κ3) is 2.19. The van der Waals surface area contributed by atoms with Gasteiger partial charge in [-0.25, -0.2) is 0 Å². The molecule has 0 aromatic rings. The summed E-state index contributed by atoms with van der Waals surface area (Å²) in [6.45, 7) is 3.21. The summed E-state index contributed by atoms with van der Waals surface area (Å²) in [6, 6.07) is 0. The first kappa shape index (κ1) is 9.48. The number of carbonyl (C=O) groups excluding carboxylic acids is 1. The predicted molar refractivity (Wildman–Crippen MR) is 43.3 cm³/mol. The van der Waals surface area contributed by atoms with Gasteiger partial charge in [0.1, 0.15) is 0 Å². The highest BCUT2D eigenvalue weighted by atomic mass is 16.6. The van der Waals surface area contributed by atoms with Crippen molar-refractivity contribution >= 4 is 5.97 Å².